The maximum absolute atomic E-state index is 10.4. The number of carboxylic acids is 1. The van der Waals surface area contributed by atoms with E-state index in [9.17, 15) is 4.79 Å². The Balaban J connectivity index is 1.70. The van der Waals surface area contributed by atoms with Crippen LogP contribution in [0.1, 0.15) is 37.4 Å². The molecule has 0 radical (unpaired) electrons. The van der Waals surface area contributed by atoms with Crippen LogP contribution in [0.15, 0.2) is 4.52 Å². The van der Waals surface area contributed by atoms with Gasteiger partial charge in [0, 0.05) is 5.25 Å². The van der Waals surface area contributed by atoms with E-state index in [4.69, 9.17) is 9.63 Å². The molecule has 0 spiro atoms. The molecule has 0 aliphatic heterocycles. The summed E-state index contributed by atoms with van der Waals surface area (Å²) in [7, 11) is 0. The average molecular weight is 288 g/mol. The third kappa shape index (κ3) is 4.53. The smallest absolute Gasteiger partial charge is 0.313 e. The summed E-state index contributed by atoms with van der Waals surface area (Å²) in [5.41, 5.74) is 0. The summed E-state index contributed by atoms with van der Waals surface area (Å²) in [6, 6.07) is 0. The molecule has 5 nitrogen and oxygen atoms in total. The molecule has 0 bridgehead atoms. The van der Waals surface area contributed by atoms with Gasteiger partial charge in [-0.05, 0) is 12.8 Å². The quantitative estimate of drug-likeness (QED) is 0.826. The number of aliphatic carboxylic acids is 1. The van der Waals surface area contributed by atoms with Crippen LogP contribution < -0.4 is 0 Å². The largest absolute Gasteiger partial charge is 0.481 e. The molecule has 2 rings (SSSR count). The van der Waals surface area contributed by atoms with E-state index < -0.39 is 5.97 Å². The van der Waals surface area contributed by atoms with Gasteiger partial charge in [-0.25, -0.2) is 0 Å². The van der Waals surface area contributed by atoms with Crippen molar-refractivity contribution in [3.05, 3.63) is 11.7 Å². The van der Waals surface area contributed by atoms with Crippen molar-refractivity contribution < 1.29 is 14.4 Å². The highest BCUT2D eigenvalue weighted by Gasteiger charge is 2.16. The maximum atomic E-state index is 10.4. The predicted molar refractivity (Wildman–Crippen MR) is 71.6 cm³/mol. The Hall–Kier alpha value is -0.690. The van der Waals surface area contributed by atoms with Crippen LogP contribution in [0.2, 0.25) is 0 Å². The number of carbonyl (C=O) groups is 1. The molecule has 0 aromatic carbocycles. The average Bonchev–Trinajstić information content (AvgIpc) is 2.96. The first-order valence-corrected chi connectivity index (χ1v) is 8.17. The van der Waals surface area contributed by atoms with Crippen LogP contribution in [0.3, 0.4) is 0 Å². The van der Waals surface area contributed by atoms with Gasteiger partial charge in [-0.1, -0.05) is 18.0 Å². The molecule has 1 aliphatic carbocycles. The van der Waals surface area contributed by atoms with Crippen LogP contribution in [0.5, 0.6) is 0 Å². The van der Waals surface area contributed by atoms with Crippen molar-refractivity contribution in [1.29, 1.82) is 0 Å². The Morgan fingerprint density at radius 2 is 2.17 bits per heavy atom. The second-order valence-electron chi connectivity index (χ2n) is 4.21. The standard InChI is InChI=1S/C11H16N2O3S2/c14-11(15)7-17-6-10-12-9(13-16-10)5-18-8-3-1-2-4-8/h8H,1-7H2,(H,14,15). The van der Waals surface area contributed by atoms with Crippen LogP contribution in [0, 0.1) is 0 Å². The zero-order chi connectivity index (χ0) is 12.8. The fraction of sp³-hybridized carbons (Fsp3) is 0.727. The van der Waals surface area contributed by atoms with E-state index in [1.165, 1.54) is 37.4 Å². The van der Waals surface area contributed by atoms with Gasteiger partial charge >= 0.3 is 5.97 Å². The summed E-state index contributed by atoms with van der Waals surface area (Å²) in [4.78, 5) is 14.6. The molecule has 1 aliphatic rings. The van der Waals surface area contributed by atoms with Crippen molar-refractivity contribution in [2.75, 3.05) is 5.75 Å². The van der Waals surface area contributed by atoms with Crippen LogP contribution in [-0.4, -0.2) is 32.2 Å². The number of rotatable bonds is 7. The second kappa shape index (κ2) is 7.04. The van der Waals surface area contributed by atoms with Gasteiger partial charge < -0.3 is 9.63 Å². The van der Waals surface area contributed by atoms with E-state index >= 15 is 0 Å². The molecule has 1 saturated carbocycles. The SMILES string of the molecule is O=C(O)CSCc1nc(CSC2CCCC2)no1. The molecule has 7 heteroatoms. The van der Waals surface area contributed by atoms with Gasteiger partial charge in [0.1, 0.15) is 0 Å². The van der Waals surface area contributed by atoms with Crippen LogP contribution >= 0.6 is 23.5 Å². The third-order valence-electron chi connectivity index (χ3n) is 2.71. The molecule has 1 fully saturated rings. The summed E-state index contributed by atoms with van der Waals surface area (Å²) < 4.78 is 5.07. The predicted octanol–water partition coefficient (Wildman–Crippen LogP) is 2.56. The highest BCUT2D eigenvalue weighted by atomic mass is 32.2. The van der Waals surface area contributed by atoms with Crippen molar-refractivity contribution in [3.8, 4) is 0 Å². The lowest BCUT2D eigenvalue weighted by Gasteiger charge is -2.04. The summed E-state index contributed by atoms with van der Waals surface area (Å²) in [6.45, 7) is 0. The van der Waals surface area contributed by atoms with Gasteiger partial charge in [-0.2, -0.15) is 16.7 Å². The monoisotopic (exact) mass is 288 g/mol. The van der Waals surface area contributed by atoms with E-state index in [2.05, 4.69) is 10.1 Å². The lowest BCUT2D eigenvalue weighted by molar-refractivity contribution is -0.133. The molecule has 1 aromatic heterocycles. The summed E-state index contributed by atoms with van der Waals surface area (Å²) in [6.07, 6.45) is 5.26. The number of hydrogen-bond donors (Lipinski definition) is 1. The summed E-state index contributed by atoms with van der Waals surface area (Å²) in [5, 5.41) is 13.2. The van der Waals surface area contributed by atoms with Crippen LogP contribution in [-0.2, 0) is 16.3 Å². The molecule has 0 unspecified atom stereocenters. The van der Waals surface area contributed by atoms with Crippen molar-refractivity contribution in [1.82, 2.24) is 10.1 Å². The Morgan fingerprint density at radius 1 is 1.39 bits per heavy atom. The highest BCUT2D eigenvalue weighted by Crippen LogP contribution is 2.31. The Kier molecular flexibility index (Phi) is 5.37. The molecule has 1 heterocycles. The number of carboxylic acid groups (broad SMARTS) is 1. The molecule has 1 N–H and O–H groups in total. The Labute approximate surface area is 114 Å². The van der Waals surface area contributed by atoms with Gasteiger partial charge in [0.2, 0.25) is 5.89 Å². The fourth-order valence-corrected chi connectivity index (χ4v) is 3.62. The van der Waals surface area contributed by atoms with E-state index in [-0.39, 0.29) is 5.75 Å². The first-order chi connectivity index (χ1) is 8.74. The first-order valence-electron chi connectivity index (χ1n) is 5.96. The van der Waals surface area contributed by atoms with Crippen molar-refractivity contribution in [3.63, 3.8) is 0 Å². The minimum Gasteiger partial charge on any atom is -0.481 e. The second-order valence-corrected chi connectivity index (χ2v) is 6.48. The number of hydrogen-bond acceptors (Lipinski definition) is 6. The van der Waals surface area contributed by atoms with Gasteiger partial charge in [-0.15, -0.1) is 11.8 Å². The van der Waals surface area contributed by atoms with Crippen LogP contribution in [0.25, 0.3) is 0 Å². The molecular formula is C11H16N2O3S2. The molecule has 18 heavy (non-hydrogen) atoms. The summed E-state index contributed by atoms with van der Waals surface area (Å²) >= 11 is 3.16. The zero-order valence-corrected chi connectivity index (χ0v) is 11.6. The fourth-order valence-electron chi connectivity index (χ4n) is 1.88. The van der Waals surface area contributed by atoms with E-state index in [0.29, 0.717) is 11.6 Å². The maximum Gasteiger partial charge on any atom is 0.313 e. The lowest BCUT2D eigenvalue weighted by Crippen LogP contribution is -1.98. The summed E-state index contributed by atoms with van der Waals surface area (Å²) in [5.74, 6) is 1.73. The number of thioether (sulfide) groups is 2. The minimum atomic E-state index is -0.823. The Bertz CT molecular complexity index is 391. The van der Waals surface area contributed by atoms with E-state index in [1.807, 2.05) is 11.8 Å². The van der Waals surface area contributed by atoms with Crippen molar-refractivity contribution in [2.24, 2.45) is 0 Å². The van der Waals surface area contributed by atoms with Gasteiger partial charge in [-0.3, -0.25) is 4.79 Å². The molecule has 100 valence electrons. The van der Waals surface area contributed by atoms with Gasteiger partial charge in [0.05, 0.1) is 17.3 Å². The first kappa shape index (κ1) is 13.7. The van der Waals surface area contributed by atoms with Crippen molar-refractivity contribution >= 4 is 29.5 Å². The highest BCUT2D eigenvalue weighted by molar-refractivity contribution is 7.99. The van der Waals surface area contributed by atoms with Gasteiger partial charge in [0.15, 0.2) is 5.82 Å². The molecule has 0 saturated heterocycles. The molecular weight excluding hydrogens is 272 g/mol. The minimum absolute atomic E-state index is 0.0640. The van der Waals surface area contributed by atoms with Crippen LogP contribution in [0.4, 0.5) is 0 Å². The zero-order valence-electron chi connectivity index (χ0n) is 10.0. The molecule has 0 atom stereocenters. The topological polar surface area (TPSA) is 76.2 Å². The van der Waals surface area contributed by atoms with Gasteiger partial charge in [0.25, 0.3) is 0 Å². The normalized spacial score (nSPS) is 16.2. The van der Waals surface area contributed by atoms with E-state index in [0.717, 1.165) is 16.8 Å². The van der Waals surface area contributed by atoms with Crippen molar-refractivity contribution in [2.45, 2.75) is 42.4 Å². The Morgan fingerprint density at radius 3 is 2.89 bits per heavy atom. The third-order valence-corrected chi connectivity index (χ3v) is 4.98. The molecule has 1 aromatic rings. The number of nitrogens with zero attached hydrogens (tertiary/aromatic N) is 2. The number of aromatic nitrogens is 2. The lowest BCUT2D eigenvalue weighted by atomic mass is 10.4. The molecule has 0 amide bonds. The van der Waals surface area contributed by atoms with E-state index in [1.54, 1.807) is 0 Å².